The van der Waals surface area contributed by atoms with E-state index in [1.807, 2.05) is 6.92 Å². The lowest BCUT2D eigenvalue weighted by Crippen LogP contribution is -2.59. The summed E-state index contributed by atoms with van der Waals surface area (Å²) in [5, 5.41) is 6.00. The number of morpholine rings is 1. The van der Waals surface area contributed by atoms with Gasteiger partial charge in [0.25, 0.3) is 5.91 Å². The molecule has 34 heavy (non-hydrogen) atoms. The van der Waals surface area contributed by atoms with Crippen LogP contribution in [0.25, 0.3) is 10.9 Å². The zero-order valence-electron chi connectivity index (χ0n) is 19.2. The number of nitrogens with zero attached hydrogens (tertiary/aromatic N) is 1. The summed E-state index contributed by atoms with van der Waals surface area (Å²) in [6.45, 7) is 3.37. The summed E-state index contributed by atoms with van der Waals surface area (Å²) in [5.74, 6) is -0.821. The predicted octanol–water partition coefficient (Wildman–Crippen LogP) is 1.12. The Hall–Kier alpha value is -2.76. The van der Waals surface area contributed by atoms with Crippen molar-refractivity contribution in [1.82, 2.24) is 19.9 Å². The van der Waals surface area contributed by atoms with Crippen molar-refractivity contribution in [2.75, 3.05) is 32.8 Å². The van der Waals surface area contributed by atoms with E-state index in [9.17, 15) is 22.8 Å². The minimum Gasteiger partial charge on any atom is -0.379 e. The number of amides is 2. The minimum atomic E-state index is -3.80. The highest BCUT2D eigenvalue weighted by Gasteiger charge is 2.41. The number of rotatable bonds is 6. The third kappa shape index (κ3) is 4.73. The molecule has 1 saturated heterocycles. The van der Waals surface area contributed by atoms with E-state index in [4.69, 9.17) is 4.74 Å². The second kappa shape index (κ2) is 9.85. The quantitative estimate of drug-likeness (QED) is 0.555. The monoisotopic (exact) mass is 490 g/mol. The van der Waals surface area contributed by atoms with Crippen molar-refractivity contribution in [1.29, 1.82) is 0 Å². The van der Waals surface area contributed by atoms with Crippen LogP contribution >= 0.6 is 0 Å². The molecule has 0 spiro atoms. The van der Waals surface area contributed by atoms with Crippen LogP contribution in [0.4, 0.5) is 0 Å². The lowest BCUT2D eigenvalue weighted by atomic mass is 9.80. The Morgan fingerprint density at radius 1 is 1.12 bits per heavy atom. The summed E-state index contributed by atoms with van der Waals surface area (Å²) < 4.78 is 32.9. The molecule has 2 amide bonds. The fraction of sp³-hybridized carbons (Fsp3) is 0.522. The van der Waals surface area contributed by atoms with Gasteiger partial charge < -0.3 is 20.4 Å². The number of sulfonamides is 1. The summed E-state index contributed by atoms with van der Waals surface area (Å²) in [4.78, 5) is 41.3. The first-order chi connectivity index (χ1) is 16.3. The van der Waals surface area contributed by atoms with Crippen LogP contribution in [-0.2, 0) is 19.6 Å². The molecule has 0 atom stereocenters. The Labute approximate surface area is 198 Å². The molecule has 1 aromatic carbocycles. The first-order valence-electron chi connectivity index (χ1n) is 11.6. The van der Waals surface area contributed by atoms with Crippen LogP contribution in [0.1, 0.15) is 49.4 Å². The van der Waals surface area contributed by atoms with Gasteiger partial charge in [-0.2, -0.15) is 4.31 Å². The lowest BCUT2D eigenvalue weighted by Gasteiger charge is -2.36. The van der Waals surface area contributed by atoms with Gasteiger partial charge in [0, 0.05) is 36.6 Å². The number of carbonyl (C=O) groups is 2. The van der Waals surface area contributed by atoms with Crippen molar-refractivity contribution in [2.24, 2.45) is 0 Å². The number of benzene rings is 1. The zero-order valence-corrected chi connectivity index (χ0v) is 20.0. The summed E-state index contributed by atoms with van der Waals surface area (Å²) in [6, 6.07) is 5.46. The van der Waals surface area contributed by atoms with E-state index >= 15 is 0 Å². The van der Waals surface area contributed by atoms with Gasteiger partial charge >= 0.3 is 0 Å². The van der Waals surface area contributed by atoms with Crippen LogP contribution in [0.3, 0.4) is 0 Å². The van der Waals surface area contributed by atoms with E-state index < -0.39 is 27.0 Å². The molecule has 0 unspecified atom stereocenters. The molecular weight excluding hydrogens is 460 g/mol. The average Bonchev–Trinajstić information content (AvgIpc) is 2.84. The van der Waals surface area contributed by atoms with Crippen molar-refractivity contribution in [3.8, 4) is 0 Å². The maximum atomic E-state index is 13.4. The van der Waals surface area contributed by atoms with Crippen molar-refractivity contribution in [3.05, 3.63) is 40.2 Å². The van der Waals surface area contributed by atoms with Gasteiger partial charge in [0.2, 0.25) is 21.5 Å². The van der Waals surface area contributed by atoms with Gasteiger partial charge in [-0.3, -0.25) is 14.4 Å². The molecule has 11 heteroatoms. The third-order valence-corrected chi connectivity index (χ3v) is 8.39. The molecule has 0 bridgehead atoms. The Morgan fingerprint density at radius 2 is 1.82 bits per heavy atom. The van der Waals surface area contributed by atoms with Crippen LogP contribution in [0.5, 0.6) is 0 Å². The van der Waals surface area contributed by atoms with Crippen LogP contribution in [-0.4, -0.2) is 67.9 Å². The van der Waals surface area contributed by atoms with Gasteiger partial charge in [-0.05, 0) is 38.0 Å². The number of likely N-dealkylation sites (N-methyl/N-ethyl adjacent to an activating group) is 1. The van der Waals surface area contributed by atoms with Crippen molar-refractivity contribution < 1.29 is 22.7 Å². The fourth-order valence-electron chi connectivity index (χ4n) is 4.70. The molecule has 1 saturated carbocycles. The van der Waals surface area contributed by atoms with E-state index in [1.165, 1.54) is 22.5 Å². The van der Waals surface area contributed by atoms with E-state index in [0.29, 0.717) is 43.5 Å². The first kappa shape index (κ1) is 24.4. The number of carbonyl (C=O) groups excluding carboxylic acids is 2. The van der Waals surface area contributed by atoms with Gasteiger partial charge in [-0.15, -0.1) is 0 Å². The van der Waals surface area contributed by atoms with Gasteiger partial charge in [0.15, 0.2) is 0 Å². The Bertz CT molecular complexity index is 1240. The molecule has 1 aromatic heterocycles. The standard InChI is InChI=1S/C23H30N4O6S/c1-2-24-22(30)23(8-4-3-5-9-23)26-21(29)18-15-20(28)25-19-7-6-16(14-17(18)19)34(31,32)27-10-12-33-13-11-27/h6-7,14-15H,2-5,8-13H2,1H3,(H,24,30)(H,25,28)(H,26,29). The summed E-state index contributed by atoms with van der Waals surface area (Å²) in [5.41, 5.74) is -1.17. The molecule has 2 aromatic rings. The van der Waals surface area contributed by atoms with Crippen molar-refractivity contribution >= 4 is 32.7 Å². The number of nitrogens with one attached hydrogen (secondary N) is 3. The maximum absolute atomic E-state index is 13.4. The maximum Gasteiger partial charge on any atom is 0.253 e. The number of ether oxygens (including phenoxy) is 1. The second-order valence-electron chi connectivity index (χ2n) is 8.73. The predicted molar refractivity (Wildman–Crippen MR) is 126 cm³/mol. The molecule has 3 N–H and O–H groups in total. The van der Waals surface area contributed by atoms with Crippen LogP contribution in [0.2, 0.25) is 0 Å². The molecule has 2 fully saturated rings. The van der Waals surface area contributed by atoms with Crippen LogP contribution in [0, 0.1) is 0 Å². The van der Waals surface area contributed by atoms with E-state index in [-0.39, 0.29) is 29.5 Å². The van der Waals surface area contributed by atoms with Crippen molar-refractivity contribution in [3.63, 3.8) is 0 Å². The van der Waals surface area contributed by atoms with E-state index in [2.05, 4.69) is 15.6 Å². The number of hydrogen-bond donors (Lipinski definition) is 3. The summed E-state index contributed by atoms with van der Waals surface area (Å²) >= 11 is 0. The molecule has 0 radical (unpaired) electrons. The Morgan fingerprint density at radius 3 is 2.50 bits per heavy atom. The van der Waals surface area contributed by atoms with Crippen LogP contribution < -0.4 is 16.2 Å². The van der Waals surface area contributed by atoms with Crippen molar-refractivity contribution in [2.45, 2.75) is 49.5 Å². The smallest absolute Gasteiger partial charge is 0.253 e. The SMILES string of the molecule is CCNC(=O)C1(NC(=O)c2cc(=O)[nH]c3ccc(S(=O)(=O)N4CCOCC4)cc23)CCCCC1. The molecule has 2 aliphatic rings. The molecule has 1 aliphatic heterocycles. The highest BCUT2D eigenvalue weighted by atomic mass is 32.2. The highest BCUT2D eigenvalue weighted by molar-refractivity contribution is 7.89. The van der Waals surface area contributed by atoms with Gasteiger partial charge in [0.05, 0.1) is 23.7 Å². The molecule has 184 valence electrons. The Kier molecular flexibility index (Phi) is 7.06. The minimum absolute atomic E-state index is 0.0269. The van der Waals surface area contributed by atoms with E-state index in [0.717, 1.165) is 25.3 Å². The average molecular weight is 491 g/mol. The number of aromatic amines is 1. The molecular formula is C23H30N4O6S. The second-order valence-corrected chi connectivity index (χ2v) is 10.7. The van der Waals surface area contributed by atoms with Crippen LogP contribution in [0.15, 0.2) is 34.0 Å². The van der Waals surface area contributed by atoms with Gasteiger partial charge in [-0.1, -0.05) is 19.3 Å². The number of aromatic nitrogens is 1. The number of pyridine rings is 1. The molecule has 10 nitrogen and oxygen atoms in total. The van der Waals surface area contributed by atoms with E-state index in [1.54, 1.807) is 0 Å². The molecule has 4 rings (SSSR count). The first-order valence-corrected chi connectivity index (χ1v) is 13.1. The largest absolute Gasteiger partial charge is 0.379 e. The molecule has 1 aliphatic carbocycles. The number of fused-ring (bicyclic) bond motifs is 1. The number of H-pyrrole nitrogens is 1. The lowest BCUT2D eigenvalue weighted by molar-refractivity contribution is -0.128. The normalized spacial score (nSPS) is 19.0. The molecule has 2 heterocycles. The number of hydrogen-bond acceptors (Lipinski definition) is 6. The third-order valence-electron chi connectivity index (χ3n) is 6.50. The highest BCUT2D eigenvalue weighted by Crippen LogP contribution is 2.30. The Balaban J connectivity index is 1.74. The topological polar surface area (TPSA) is 138 Å². The van der Waals surface area contributed by atoms with Gasteiger partial charge in [-0.25, -0.2) is 8.42 Å². The van der Waals surface area contributed by atoms with Gasteiger partial charge in [0.1, 0.15) is 5.54 Å². The fourth-order valence-corrected chi connectivity index (χ4v) is 6.13. The zero-order chi connectivity index (χ0) is 24.3. The summed E-state index contributed by atoms with van der Waals surface area (Å²) in [6.07, 6.45) is 3.59. The summed E-state index contributed by atoms with van der Waals surface area (Å²) in [7, 11) is -3.80.